The number of aliphatic hydroxyl groups is 1. The number of aliphatic hydroxyl groups excluding tert-OH is 1. The molecule has 10 nitrogen and oxygen atoms in total. The van der Waals surface area contributed by atoms with Crippen molar-refractivity contribution in [3.63, 3.8) is 0 Å². The van der Waals surface area contributed by atoms with E-state index < -0.39 is 17.3 Å². The zero-order valence-electron chi connectivity index (χ0n) is 19.1. The summed E-state index contributed by atoms with van der Waals surface area (Å²) in [6, 6.07) is 3.20. The van der Waals surface area contributed by atoms with Gasteiger partial charge in [-0.1, -0.05) is 6.92 Å². The average Bonchev–Trinajstić information content (AvgIpc) is 3.21. The number of hydrogen-bond acceptors (Lipinski definition) is 8. The van der Waals surface area contributed by atoms with Crippen molar-refractivity contribution in [1.82, 2.24) is 19.5 Å². The van der Waals surface area contributed by atoms with Gasteiger partial charge in [-0.2, -0.15) is 10.2 Å². The minimum Gasteiger partial charge on any atom is -0.394 e. The number of fused-ring (bicyclic) bond motifs is 1. The fourth-order valence-corrected chi connectivity index (χ4v) is 4.34. The van der Waals surface area contributed by atoms with E-state index in [1.807, 2.05) is 6.92 Å². The highest BCUT2D eigenvalue weighted by atomic mass is 19.1. The summed E-state index contributed by atoms with van der Waals surface area (Å²) in [7, 11) is 0. The summed E-state index contributed by atoms with van der Waals surface area (Å²) in [6.07, 6.45) is 4.46. The number of amides is 1. The Morgan fingerprint density at radius 1 is 1.29 bits per heavy atom. The molecule has 184 valence electrons. The van der Waals surface area contributed by atoms with Crippen molar-refractivity contribution in [3.05, 3.63) is 35.5 Å². The first-order valence-corrected chi connectivity index (χ1v) is 11.4. The molecular weight excluding hydrogens is 458 g/mol. The number of halogens is 2. The van der Waals surface area contributed by atoms with E-state index in [1.165, 1.54) is 6.20 Å². The van der Waals surface area contributed by atoms with Gasteiger partial charge in [0.1, 0.15) is 11.2 Å². The predicted octanol–water partition coefficient (Wildman–Crippen LogP) is 3.12. The number of nitrogens with two attached hydrogens (primary N) is 1. The number of primary amides is 1. The van der Waals surface area contributed by atoms with E-state index in [0.29, 0.717) is 43.3 Å². The van der Waals surface area contributed by atoms with Crippen LogP contribution in [0, 0.1) is 28.9 Å². The first-order valence-electron chi connectivity index (χ1n) is 11.4. The van der Waals surface area contributed by atoms with Crippen LogP contribution in [0.3, 0.4) is 0 Å². The topological polar surface area (TPSA) is 155 Å². The lowest BCUT2D eigenvalue weighted by atomic mass is 9.85. The van der Waals surface area contributed by atoms with E-state index in [1.54, 1.807) is 10.6 Å². The fourth-order valence-electron chi connectivity index (χ4n) is 4.34. The molecule has 3 aromatic rings. The summed E-state index contributed by atoms with van der Waals surface area (Å²) >= 11 is 0. The van der Waals surface area contributed by atoms with E-state index in [2.05, 4.69) is 25.6 Å². The molecule has 12 heteroatoms. The van der Waals surface area contributed by atoms with Gasteiger partial charge >= 0.3 is 0 Å². The van der Waals surface area contributed by atoms with Crippen LogP contribution in [0.4, 0.5) is 26.4 Å². The van der Waals surface area contributed by atoms with Crippen molar-refractivity contribution in [3.8, 4) is 6.07 Å². The van der Waals surface area contributed by atoms with E-state index >= 15 is 0 Å². The lowest BCUT2D eigenvalue weighted by Gasteiger charge is -2.29. The molecule has 0 saturated heterocycles. The molecule has 35 heavy (non-hydrogen) atoms. The summed E-state index contributed by atoms with van der Waals surface area (Å²) < 4.78 is 31.0. The van der Waals surface area contributed by atoms with Gasteiger partial charge in [-0.25, -0.2) is 18.7 Å². The quantitative estimate of drug-likeness (QED) is 0.380. The largest absolute Gasteiger partial charge is 0.394 e. The molecule has 1 amide bonds. The normalized spacial score (nSPS) is 18.7. The van der Waals surface area contributed by atoms with Gasteiger partial charge in [-0.05, 0) is 44.2 Å². The third-order valence-electron chi connectivity index (χ3n) is 6.35. The van der Waals surface area contributed by atoms with Crippen LogP contribution in [-0.2, 0) is 4.79 Å². The van der Waals surface area contributed by atoms with Crippen LogP contribution in [0.5, 0.6) is 0 Å². The first-order chi connectivity index (χ1) is 16.8. The third-order valence-corrected chi connectivity index (χ3v) is 6.35. The molecule has 0 spiro atoms. The van der Waals surface area contributed by atoms with E-state index in [0.717, 1.165) is 12.1 Å². The SMILES string of the molecule is CC[C@@H](CO)Nc1ncc2nc(Nc3c(F)cc(C#N)cc3F)n([C@H]3CC[C@H](C(N)=O)CC3)c2n1. The number of hydrogen-bond donors (Lipinski definition) is 4. The highest BCUT2D eigenvalue weighted by Gasteiger charge is 2.29. The molecule has 0 unspecified atom stereocenters. The van der Waals surface area contributed by atoms with Gasteiger partial charge in [-0.15, -0.1) is 0 Å². The Kier molecular flexibility index (Phi) is 7.07. The molecule has 1 saturated carbocycles. The van der Waals surface area contributed by atoms with Crippen LogP contribution in [0.1, 0.15) is 50.6 Å². The standard InChI is InChI=1S/C23H26F2N8O2/c1-2-14(11-34)29-22-28-10-18-21(32-22)33(15-5-3-13(4-6-15)20(27)35)23(30-18)31-19-16(24)7-12(9-26)8-17(19)25/h7-8,10,13-15,34H,2-6,11H2,1H3,(H2,27,35)(H,30,31)(H,28,29,32)/t13-,14-,15-/m0/s1. The summed E-state index contributed by atoms with van der Waals surface area (Å²) in [6.45, 7) is 1.81. The maximum Gasteiger partial charge on any atom is 0.225 e. The lowest BCUT2D eigenvalue weighted by molar-refractivity contribution is -0.122. The molecule has 1 atom stereocenters. The van der Waals surface area contributed by atoms with E-state index in [9.17, 15) is 18.7 Å². The van der Waals surface area contributed by atoms with Crippen LogP contribution in [0.15, 0.2) is 18.3 Å². The molecule has 0 bridgehead atoms. The van der Waals surface area contributed by atoms with Gasteiger partial charge in [-0.3, -0.25) is 9.36 Å². The van der Waals surface area contributed by atoms with Crippen LogP contribution in [-0.4, -0.2) is 43.2 Å². The molecule has 2 aromatic heterocycles. The second kappa shape index (κ2) is 10.2. The average molecular weight is 485 g/mol. The molecule has 4 rings (SSSR count). The van der Waals surface area contributed by atoms with Crippen molar-refractivity contribution >= 4 is 34.7 Å². The molecule has 1 fully saturated rings. The van der Waals surface area contributed by atoms with Crippen molar-refractivity contribution in [2.24, 2.45) is 11.7 Å². The number of carbonyl (C=O) groups is 1. The number of nitriles is 1. The Morgan fingerprint density at radius 3 is 2.54 bits per heavy atom. The Bertz CT molecular complexity index is 1250. The van der Waals surface area contributed by atoms with Crippen LogP contribution in [0.25, 0.3) is 11.2 Å². The zero-order valence-corrected chi connectivity index (χ0v) is 19.1. The molecule has 1 aromatic carbocycles. The Balaban J connectivity index is 1.77. The number of rotatable bonds is 8. The van der Waals surface area contributed by atoms with Crippen molar-refractivity contribution in [2.45, 2.75) is 51.1 Å². The number of aromatic nitrogens is 4. The zero-order chi connectivity index (χ0) is 25.1. The van der Waals surface area contributed by atoms with Crippen molar-refractivity contribution in [1.29, 1.82) is 5.26 Å². The van der Waals surface area contributed by atoms with E-state index in [4.69, 9.17) is 11.0 Å². The summed E-state index contributed by atoms with van der Waals surface area (Å²) in [5.74, 6) is -1.99. The smallest absolute Gasteiger partial charge is 0.225 e. The summed E-state index contributed by atoms with van der Waals surface area (Å²) in [5.41, 5.74) is 5.74. The molecule has 1 aliphatic carbocycles. The highest BCUT2D eigenvalue weighted by Crippen LogP contribution is 2.37. The molecule has 2 heterocycles. The Labute approximate surface area is 200 Å². The maximum atomic E-state index is 14.6. The predicted molar refractivity (Wildman–Crippen MR) is 125 cm³/mol. The summed E-state index contributed by atoms with van der Waals surface area (Å²) in [5, 5.41) is 24.3. The first kappa shape index (κ1) is 24.3. The highest BCUT2D eigenvalue weighted by molar-refractivity contribution is 5.78. The minimum atomic E-state index is -0.931. The number of anilines is 3. The van der Waals surface area contributed by atoms with Gasteiger partial charge in [0.05, 0.1) is 30.5 Å². The number of nitrogens with zero attached hydrogens (tertiary/aromatic N) is 5. The van der Waals surface area contributed by atoms with Gasteiger partial charge in [0.2, 0.25) is 17.8 Å². The Morgan fingerprint density at radius 2 is 1.97 bits per heavy atom. The van der Waals surface area contributed by atoms with Gasteiger partial charge in [0.25, 0.3) is 0 Å². The number of nitrogens with one attached hydrogen (secondary N) is 2. The monoisotopic (exact) mass is 484 g/mol. The number of carbonyl (C=O) groups excluding carboxylic acids is 1. The number of imidazole rings is 1. The second-order valence-corrected chi connectivity index (χ2v) is 8.60. The third kappa shape index (κ3) is 5.00. The minimum absolute atomic E-state index is 0.0989. The van der Waals surface area contributed by atoms with Crippen LogP contribution >= 0.6 is 0 Å². The fraction of sp³-hybridized carbons (Fsp3) is 0.435. The van der Waals surface area contributed by atoms with Crippen molar-refractivity contribution < 1.29 is 18.7 Å². The molecule has 0 aliphatic heterocycles. The van der Waals surface area contributed by atoms with Crippen LogP contribution < -0.4 is 16.4 Å². The summed E-state index contributed by atoms with van der Waals surface area (Å²) in [4.78, 5) is 25.0. The maximum absolute atomic E-state index is 14.6. The second-order valence-electron chi connectivity index (χ2n) is 8.60. The molecule has 1 aliphatic rings. The molecule has 5 N–H and O–H groups in total. The van der Waals surface area contributed by atoms with Gasteiger partial charge in [0, 0.05) is 12.0 Å². The van der Waals surface area contributed by atoms with E-state index in [-0.39, 0.29) is 48.0 Å². The van der Waals surface area contributed by atoms with Gasteiger partial charge < -0.3 is 21.5 Å². The van der Waals surface area contributed by atoms with Crippen LogP contribution in [0.2, 0.25) is 0 Å². The Hall–Kier alpha value is -3.85. The lowest BCUT2D eigenvalue weighted by Crippen LogP contribution is -2.29. The molecule has 0 radical (unpaired) electrons. The molecular formula is C23H26F2N8O2. The van der Waals surface area contributed by atoms with Crippen molar-refractivity contribution in [2.75, 3.05) is 17.2 Å². The van der Waals surface area contributed by atoms with Gasteiger partial charge in [0.15, 0.2) is 17.3 Å². The number of benzene rings is 1.